The van der Waals surface area contributed by atoms with Crippen LogP contribution in [0.3, 0.4) is 0 Å². The van der Waals surface area contributed by atoms with E-state index in [1.165, 1.54) is 4.90 Å². The summed E-state index contributed by atoms with van der Waals surface area (Å²) in [6, 6.07) is 24.8. The lowest BCUT2D eigenvalue weighted by Crippen LogP contribution is -2.29. The predicted octanol–water partition coefficient (Wildman–Crippen LogP) is 4.62. The number of aliphatic hydroxyl groups excluding tert-OH is 1. The first kappa shape index (κ1) is 17.7. The van der Waals surface area contributed by atoms with Crippen LogP contribution in [0.5, 0.6) is 0 Å². The molecule has 138 valence electrons. The van der Waals surface area contributed by atoms with E-state index in [0.717, 1.165) is 11.1 Å². The number of carbonyl (C=O) groups is 2. The molecule has 0 radical (unpaired) electrons. The molecule has 0 spiro atoms. The second-order valence-electron chi connectivity index (χ2n) is 6.78. The smallest absolute Gasteiger partial charge is 0.300 e. The van der Waals surface area contributed by atoms with E-state index in [0.29, 0.717) is 11.3 Å². The number of aryl methyl sites for hydroxylation is 1. The normalized spacial score (nSPS) is 18.5. The van der Waals surface area contributed by atoms with Gasteiger partial charge in [0.1, 0.15) is 5.76 Å². The van der Waals surface area contributed by atoms with Crippen LogP contribution in [-0.2, 0) is 9.59 Å². The number of aliphatic hydroxyl groups is 1. The van der Waals surface area contributed by atoms with Gasteiger partial charge in [-0.2, -0.15) is 0 Å². The molecule has 0 aromatic heterocycles. The fraction of sp³-hybridized carbons (Fsp3) is 0.0833. The number of hydrogen-bond acceptors (Lipinski definition) is 3. The van der Waals surface area contributed by atoms with Crippen LogP contribution in [0.2, 0.25) is 0 Å². The molecule has 0 saturated carbocycles. The number of nitrogens with zero attached hydrogens (tertiary/aromatic N) is 1. The van der Waals surface area contributed by atoms with Gasteiger partial charge in [0.2, 0.25) is 0 Å². The van der Waals surface area contributed by atoms with E-state index in [1.54, 1.807) is 36.4 Å². The maximum Gasteiger partial charge on any atom is 0.300 e. The second kappa shape index (κ2) is 7.16. The maximum atomic E-state index is 12.9. The summed E-state index contributed by atoms with van der Waals surface area (Å²) in [5.41, 5.74) is 3.06. The molecule has 4 nitrogen and oxygen atoms in total. The number of carbonyl (C=O) groups excluding carboxylic acids is 2. The standard InChI is InChI=1S/C24H19NO3/c1-16-12-14-17(15-13-16)21-20(22(26)18-8-4-2-5-9-18)23(27)24(28)25(21)19-10-6-3-7-11-19/h2-15,21,26H,1H3/b22-20+/t21-/m0/s1. The molecule has 1 N–H and O–H groups in total. The third kappa shape index (κ3) is 2.99. The Morgan fingerprint density at radius 3 is 2.00 bits per heavy atom. The first-order valence-electron chi connectivity index (χ1n) is 9.06. The second-order valence-corrected chi connectivity index (χ2v) is 6.78. The minimum absolute atomic E-state index is 0.101. The van der Waals surface area contributed by atoms with Crippen molar-refractivity contribution in [3.05, 3.63) is 107 Å². The largest absolute Gasteiger partial charge is 0.507 e. The molecule has 1 fully saturated rings. The topological polar surface area (TPSA) is 57.6 Å². The summed E-state index contributed by atoms with van der Waals surface area (Å²) < 4.78 is 0. The SMILES string of the molecule is Cc1ccc([C@H]2/C(=C(\O)c3ccccc3)C(=O)C(=O)N2c2ccccc2)cc1. The van der Waals surface area contributed by atoms with Crippen molar-refractivity contribution in [1.82, 2.24) is 0 Å². The Hall–Kier alpha value is -3.66. The Morgan fingerprint density at radius 1 is 0.821 bits per heavy atom. The van der Waals surface area contributed by atoms with Crippen molar-refractivity contribution in [2.45, 2.75) is 13.0 Å². The van der Waals surface area contributed by atoms with Crippen molar-refractivity contribution in [2.75, 3.05) is 4.90 Å². The molecule has 4 heteroatoms. The summed E-state index contributed by atoms with van der Waals surface area (Å²) in [6.07, 6.45) is 0. The van der Waals surface area contributed by atoms with Crippen LogP contribution < -0.4 is 4.90 Å². The van der Waals surface area contributed by atoms with E-state index in [2.05, 4.69) is 0 Å². The molecule has 0 unspecified atom stereocenters. The monoisotopic (exact) mass is 369 g/mol. The van der Waals surface area contributed by atoms with Crippen molar-refractivity contribution >= 4 is 23.1 Å². The van der Waals surface area contributed by atoms with Crippen LogP contribution in [0.25, 0.3) is 5.76 Å². The van der Waals surface area contributed by atoms with Gasteiger partial charge in [0, 0.05) is 11.3 Å². The zero-order chi connectivity index (χ0) is 19.7. The number of hydrogen-bond donors (Lipinski definition) is 1. The molecule has 1 amide bonds. The Labute approximate surface area is 163 Å². The van der Waals surface area contributed by atoms with Crippen LogP contribution in [0.1, 0.15) is 22.7 Å². The van der Waals surface area contributed by atoms with E-state index in [4.69, 9.17) is 0 Å². The molecule has 1 heterocycles. The van der Waals surface area contributed by atoms with E-state index >= 15 is 0 Å². The minimum atomic E-state index is -0.691. The molecule has 0 bridgehead atoms. The van der Waals surface area contributed by atoms with E-state index in [-0.39, 0.29) is 11.3 Å². The Morgan fingerprint density at radius 2 is 1.39 bits per heavy atom. The summed E-state index contributed by atoms with van der Waals surface area (Å²) >= 11 is 0. The molecule has 4 rings (SSSR count). The molecule has 3 aromatic carbocycles. The van der Waals surface area contributed by atoms with E-state index in [9.17, 15) is 14.7 Å². The Balaban J connectivity index is 1.95. The van der Waals surface area contributed by atoms with Crippen molar-refractivity contribution in [3.63, 3.8) is 0 Å². The van der Waals surface area contributed by atoms with Crippen LogP contribution >= 0.6 is 0 Å². The highest BCUT2D eigenvalue weighted by atomic mass is 16.3. The number of benzene rings is 3. The molecule has 1 aliphatic heterocycles. The molecular formula is C24H19NO3. The van der Waals surface area contributed by atoms with Gasteiger partial charge in [0.05, 0.1) is 11.6 Å². The highest BCUT2D eigenvalue weighted by Crippen LogP contribution is 2.42. The lowest BCUT2D eigenvalue weighted by atomic mass is 9.94. The third-order valence-corrected chi connectivity index (χ3v) is 4.92. The maximum absolute atomic E-state index is 12.9. The van der Waals surface area contributed by atoms with Gasteiger partial charge in [-0.3, -0.25) is 14.5 Å². The number of rotatable bonds is 3. The van der Waals surface area contributed by atoms with E-state index < -0.39 is 17.7 Å². The summed E-state index contributed by atoms with van der Waals surface area (Å²) in [6.45, 7) is 1.97. The first-order valence-corrected chi connectivity index (χ1v) is 9.06. The van der Waals surface area contributed by atoms with Crippen molar-refractivity contribution in [3.8, 4) is 0 Å². The van der Waals surface area contributed by atoms with Gasteiger partial charge in [0.25, 0.3) is 11.7 Å². The Kier molecular flexibility index (Phi) is 4.53. The molecule has 1 aliphatic rings. The molecule has 1 saturated heterocycles. The van der Waals surface area contributed by atoms with Gasteiger partial charge in [-0.1, -0.05) is 78.4 Å². The quantitative estimate of drug-likeness (QED) is 0.416. The highest BCUT2D eigenvalue weighted by molar-refractivity contribution is 6.51. The van der Waals surface area contributed by atoms with Crippen LogP contribution in [0.4, 0.5) is 5.69 Å². The first-order chi connectivity index (χ1) is 13.6. The zero-order valence-electron chi connectivity index (χ0n) is 15.4. The Bertz CT molecular complexity index is 1050. The number of amides is 1. The summed E-state index contributed by atoms with van der Waals surface area (Å²) in [5.74, 6) is -1.49. The van der Waals surface area contributed by atoms with Gasteiger partial charge >= 0.3 is 0 Å². The lowest BCUT2D eigenvalue weighted by Gasteiger charge is -2.25. The average Bonchev–Trinajstić information content (AvgIpc) is 3.00. The van der Waals surface area contributed by atoms with Crippen molar-refractivity contribution in [2.24, 2.45) is 0 Å². The van der Waals surface area contributed by atoms with E-state index in [1.807, 2.05) is 55.5 Å². The minimum Gasteiger partial charge on any atom is -0.507 e. The van der Waals surface area contributed by atoms with Crippen molar-refractivity contribution < 1.29 is 14.7 Å². The molecule has 3 aromatic rings. The van der Waals surface area contributed by atoms with Gasteiger partial charge in [-0.25, -0.2) is 0 Å². The zero-order valence-corrected chi connectivity index (χ0v) is 15.4. The van der Waals surface area contributed by atoms with Gasteiger partial charge in [-0.15, -0.1) is 0 Å². The summed E-state index contributed by atoms with van der Waals surface area (Å²) in [5, 5.41) is 10.9. The average molecular weight is 369 g/mol. The third-order valence-electron chi connectivity index (χ3n) is 4.92. The number of para-hydroxylation sites is 1. The number of ketones is 1. The molecule has 28 heavy (non-hydrogen) atoms. The number of anilines is 1. The van der Waals surface area contributed by atoms with Gasteiger partial charge in [0.15, 0.2) is 0 Å². The lowest BCUT2D eigenvalue weighted by molar-refractivity contribution is -0.132. The molecule has 1 atom stereocenters. The van der Waals surface area contributed by atoms with Gasteiger partial charge < -0.3 is 5.11 Å². The molecular weight excluding hydrogens is 350 g/mol. The molecule has 0 aliphatic carbocycles. The predicted molar refractivity (Wildman–Crippen MR) is 109 cm³/mol. The fourth-order valence-electron chi connectivity index (χ4n) is 3.50. The fourth-order valence-corrected chi connectivity index (χ4v) is 3.50. The summed E-state index contributed by atoms with van der Waals surface area (Å²) in [4.78, 5) is 27.3. The number of Topliss-reactive ketones (excluding diaryl/α,β-unsaturated/α-hetero) is 1. The van der Waals surface area contributed by atoms with Crippen LogP contribution in [0, 0.1) is 6.92 Å². The van der Waals surface area contributed by atoms with Crippen LogP contribution in [0.15, 0.2) is 90.5 Å². The van der Waals surface area contributed by atoms with Gasteiger partial charge in [-0.05, 0) is 24.6 Å². The van der Waals surface area contributed by atoms with Crippen molar-refractivity contribution in [1.29, 1.82) is 0 Å². The summed E-state index contributed by atoms with van der Waals surface area (Å²) in [7, 11) is 0. The van der Waals surface area contributed by atoms with Crippen LogP contribution in [-0.4, -0.2) is 16.8 Å². The highest BCUT2D eigenvalue weighted by Gasteiger charge is 2.46.